The second kappa shape index (κ2) is 11.3. The lowest BCUT2D eigenvalue weighted by Crippen LogP contribution is -2.23. The molecule has 0 saturated carbocycles. The Morgan fingerprint density at radius 1 is 1.12 bits per heavy atom. The Morgan fingerprint density at radius 2 is 1.88 bits per heavy atom. The number of unbranched alkanes of at least 4 members (excludes halogenated alkanes) is 1. The molecule has 1 atom stereocenters. The van der Waals surface area contributed by atoms with Gasteiger partial charge in [0, 0.05) is 26.2 Å². The van der Waals surface area contributed by atoms with Crippen molar-refractivity contribution in [1.82, 2.24) is 0 Å². The van der Waals surface area contributed by atoms with E-state index in [1.54, 1.807) is 0 Å². The first-order chi connectivity index (χ1) is 7.70. The number of aliphatic hydroxyl groups is 1. The molecule has 0 aromatic carbocycles. The van der Waals surface area contributed by atoms with Gasteiger partial charge < -0.3 is 19.3 Å². The molecule has 0 rings (SSSR count). The van der Waals surface area contributed by atoms with Gasteiger partial charge in [0.1, 0.15) is 0 Å². The van der Waals surface area contributed by atoms with Crippen molar-refractivity contribution >= 4 is 0 Å². The van der Waals surface area contributed by atoms with E-state index in [1.165, 1.54) is 0 Å². The fraction of sp³-hybridized carbons (Fsp3) is 1.00. The number of hydrogen-bond donors (Lipinski definition) is 1. The first-order valence-corrected chi connectivity index (χ1v) is 6.16. The van der Waals surface area contributed by atoms with Crippen molar-refractivity contribution in [3.63, 3.8) is 0 Å². The number of aliphatic hydroxyl groups excluding tert-OH is 1. The molecule has 0 bridgehead atoms. The van der Waals surface area contributed by atoms with E-state index in [9.17, 15) is 0 Å². The molecule has 1 unspecified atom stereocenters. The molecule has 98 valence electrons. The van der Waals surface area contributed by atoms with Crippen molar-refractivity contribution < 1.29 is 19.3 Å². The summed E-state index contributed by atoms with van der Waals surface area (Å²) in [7, 11) is 0. The Hall–Kier alpha value is -0.160. The molecular weight excluding hydrogens is 208 g/mol. The van der Waals surface area contributed by atoms with E-state index in [4.69, 9.17) is 19.3 Å². The molecule has 1 N–H and O–H groups in total. The van der Waals surface area contributed by atoms with Crippen molar-refractivity contribution in [2.24, 2.45) is 0 Å². The maximum atomic E-state index is 8.58. The Kier molecular flexibility index (Phi) is 11.2. The van der Waals surface area contributed by atoms with Gasteiger partial charge >= 0.3 is 0 Å². The average Bonchev–Trinajstić information content (AvgIpc) is 2.22. The van der Waals surface area contributed by atoms with Gasteiger partial charge in [0.2, 0.25) is 0 Å². The van der Waals surface area contributed by atoms with Gasteiger partial charge in [0.05, 0.1) is 12.7 Å². The Labute approximate surface area is 98.9 Å². The summed E-state index contributed by atoms with van der Waals surface area (Å²) in [5.41, 5.74) is 0. The summed E-state index contributed by atoms with van der Waals surface area (Å²) in [6.45, 7) is 8.17. The lowest BCUT2D eigenvalue weighted by molar-refractivity contribution is -0.169. The van der Waals surface area contributed by atoms with Crippen LogP contribution in [-0.4, -0.2) is 43.9 Å². The van der Waals surface area contributed by atoms with E-state index in [0.29, 0.717) is 19.8 Å². The summed E-state index contributed by atoms with van der Waals surface area (Å²) >= 11 is 0. The molecule has 0 aliphatic rings. The van der Waals surface area contributed by atoms with Crippen molar-refractivity contribution in [2.75, 3.05) is 26.4 Å². The van der Waals surface area contributed by atoms with E-state index < -0.39 is 0 Å². The number of rotatable bonds is 11. The van der Waals surface area contributed by atoms with Crippen LogP contribution in [0.15, 0.2) is 0 Å². The third-order valence-corrected chi connectivity index (χ3v) is 1.97. The first kappa shape index (κ1) is 15.8. The molecule has 0 aromatic rings. The van der Waals surface area contributed by atoms with Crippen LogP contribution in [0, 0.1) is 0 Å². The third kappa shape index (κ3) is 10.4. The van der Waals surface area contributed by atoms with Crippen LogP contribution in [0.1, 0.15) is 40.0 Å². The molecule has 0 heterocycles. The van der Waals surface area contributed by atoms with Gasteiger partial charge in [-0.05, 0) is 33.6 Å². The van der Waals surface area contributed by atoms with Crippen LogP contribution in [0.2, 0.25) is 0 Å². The van der Waals surface area contributed by atoms with Crippen molar-refractivity contribution in [2.45, 2.75) is 52.4 Å². The summed E-state index contributed by atoms with van der Waals surface area (Å²) < 4.78 is 16.4. The zero-order valence-corrected chi connectivity index (χ0v) is 10.8. The largest absolute Gasteiger partial charge is 0.396 e. The second-order valence-corrected chi connectivity index (χ2v) is 3.90. The molecular formula is C12H26O4. The van der Waals surface area contributed by atoms with Gasteiger partial charge in [-0.3, -0.25) is 0 Å². The third-order valence-electron chi connectivity index (χ3n) is 1.97. The maximum Gasteiger partial charge on any atom is 0.160 e. The zero-order valence-electron chi connectivity index (χ0n) is 10.8. The molecule has 4 heteroatoms. The molecule has 0 saturated heterocycles. The van der Waals surface area contributed by atoms with Crippen LogP contribution < -0.4 is 0 Å². The molecule has 16 heavy (non-hydrogen) atoms. The normalized spacial score (nSPS) is 13.3. The Bertz CT molecular complexity index is 139. The van der Waals surface area contributed by atoms with Gasteiger partial charge in [-0.15, -0.1) is 0 Å². The summed E-state index contributed by atoms with van der Waals surface area (Å²) in [6.07, 6.45) is 2.47. The molecule has 0 spiro atoms. The summed E-state index contributed by atoms with van der Waals surface area (Å²) in [4.78, 5) is 0. The molecule has 0 fully saturated rings. The maximum absolute atomic E-state index is 8.58. The van der Waals surface area contributed by atoms with Gasteiger partial charge in [-0.25, -0.2) is 0 Å². The van der Waals surface area contributed by atoms with Crippen molar-refractivity contribution in [1.29, 1.82) is 0 Å². The number of ether oxygens (including phenoxy) is 3. The van der Waals surface area contributed by atoms with Crippen LogP contribution in [0.5, 0.6) is 0 Å². The van der Waals surface area contributed by atoms with E-state index in [1.807, 2.05) is 20.8 Å². The average molecular weight is 234 g/mol. The highest BCUT2D eigenvalue weighted by atomic mass is 16.7. The molecule has 0 aromatic heterocycles. The van der Waals surface area contributed by atoms with Gasteiger partial charge in [0.25, 0.3) is 0 Å². The minimum absolute atomic E-state index is 0.164. The quantitative estimate of drug-likeness (QED) is 0.438. The Morgan fingerprint density at radius 3 is 2.44 bits per heavy atom. The molecule has 0 aliphatic carbocycles. The SMILES string of the molecule is CCOC(CCOCCCCO)OC(C)C. The fourth-order valence-electron chi connectivity index (χ4n) is 1.28. The number of hydrogen-bond acceptors (Lipinski definition) is 4. The van der Waals surface area contributed by atoms with Gasteiger partial charge in [-0.2, -0.15) is 0 Å². The van der Waals surface area contributed by atoms with Gasteiger partial charge in [0.15, 0.2) is 6.29 Å². The Balaban J connectivity index is 3.44. The second-order valence-electron chi connectivity index (χ2n) is 3.90. The van der Waals surface area contributed by atoms with Crippen LogP contribution in [0.4, 0.5) is 0 Å². The molecule has 4 nitrogen and oxygen atoms in total. The topological polar surface area (TPSA) is 47.9 Å². The zero-order chi connectivity index (χ0) is 12.2. The minimum atomic E-state index is -0.164. The monoisotopic (exact) mass is 234 g/mol. The van der Waals surface area contributed by atoms with Crippen LogP contribution in [0.3, 0.4) is 0 Å². The summed E-state index contributed by atoms with van der Waals surface area (Å²) in [6, 6.07) is 0. The van der Waals surface area contributed by atoms with Crippen molar-refractivity contribution in [3.05, 3.63) is 0 Å². The predicted octanol–water partition coefficient (Wildman–Crippen LogP) is 1.95. The molecule has 0 aliphatic heterocycles. The minimum Gasteiger partial charge on any atom is -0.396 e. The van der Waals surface area contributed by atoms with Crippen LogP contribution in [-0.2, 0) is 14.2 Å². The summed E-state index contributed by atoms with van der Waals surface area (Å²) in [5, 5.41) is 8.58. The summed E-state index contributed by atoms with van der Waals surface area (Å²) in [5.74, 6) is 0. The predicted molar refractivity (Wildman–Crippen MR) is 63.4 cm³/mol. The van der Waals surface area contributed by atoms with E-state index >= 15 is 0 Å². The first-order valence-electron chi connectivity index (χ1n) is 6.16. The van der Waals surface area contributed by atoms with Crippen LogP contribution >= 0.6 is 0 Å². The van der Waals surface area contributed by atoms with E-state index in [0.717, 1.165) is 19.3 Å². The highest BCUT2D eigenvalue weighted by molar-refractivity contribution is 4.48. The lowest BCUT2D eigenvalue weighted by atomic mass is 10.3. The fourth-order valence-corrected chi connectivity index (χ4v) is 1.28. The van der Waals surface area contributed by atoms with Gasteiger partial charge in [-0.1, -0.05) is 0 Å². The standard InChI is InChI=1S/C12H26O4/c1-4-15-12(16-11(2)3)7-10-14-9-6-5-8-13/h11-13H,4-10H2,1-3H3. The molecule has 0 radical (unpaired) electrons. The van der Waals surface area contributed by atoms with E-state index in [-0.39, 0.29) is 19.0 Å². The smallest absolute Gasteiger partial charge is 0.160 e. The lowest BCUT2D eigenvalue weighted by Gasteiger charge is -2.20. The van der Waals surface area contributed by atoms with Crippen molar-refractivity contribution in [3.8, 4) is 0 Å². The van der Waals surface area contributed by atoms with Crippen LogP contribution in [0.25, 0.3) is 0 Å². The van der Waals surface area contributed by atoms with E-state index in [2.05, 4.69) is 0 Å². The highest BCUT2D eigenvalue weighted by Gasteiger charge is 2.10. The highest BCUT2D eigenvalue weighted by Crippen LogP contribution is 2.05. The molecule has 0 amide bonds.